The Morgan fingerprint density at radius 1 is 1.06 bits per heavy atom. The summed E-state index contributed by atoms with van der Waals surface area (Å²) >= 11 is 0. The van der Waals surface area contributed by atoms with Crippen molar-refractivity contribution in [1.29, 1.82) is 5.26 Å². The molecular weight excluding hydrogens is 222 g/mol. The lowest BCUT2D eigenvalue weighted by Crippen LogP contribution is -2.02. The van der Waals surface area contributed by atoms with Crippen LogP contribution in [0.1, 0.15) is 34.3 Å². The molecule has 0 saturated carbocycles. The highest BCUT2D eigenvalue weighted by Gasteiger charge is 2.11. The fourth-order valence-corrected chi connectivity index (χ4v) is 1.78. The SMILES string of the molecule is C[C@H](C#N)c1cccc(C(=O)c2ccccc2)c1. The van der Waals surface area contributed by atoms with Crippen LogP contribution in [0.15, 0.2) is 54.6 Å². The number of hydrogen-bond donors (Lipinski definition) is 0. The van der Waals surface area contributed by atoms with Crippen molar-refractivity contribution in [3.05, 3.63) is 71.3 Å². The van der Waals surface area contributed by atoms with E-state index in [2.05, 4.69) is 6.07 Å². The van der Waals surface area contributed by atoms with E-state index in [1.54, 1.807) is 24.3 Å². The smallest absolute Gasteiger partial charge is 0.193 e. The topological polar surface area (TPSA) is 40.9 Å². The molecule has 0 radical (unpaired) electrons. The molecule has 2 heteroatoms. The number of hydrogen-bond acceptors (Lipinski definition) is 2. The molecule has 0 fully saturated rings. The van der Waals surface area contributed by atoms with Crippen molar-refractivity contribution in [3.63, 3.8) is 0 Å². The monoisotopic (exact) mass is 235 g/mol. The van der Waals surface area contributed by atoms with Gasteiger partial charge in [-0.3, -0.25) is 4.79 Å². The Balaban J connectivity index is 2.35. The number of nitriles is 1. The van der Waals surface area contributed by atoms with Gasteiger partial charge in [-0.2, -0.15) is 5.26 Å². The van der Waals surface area contributed by atoms with Gasteiger partial charge in [0.2, 0.25) is 0 Å². The van der Waals surface area contributed by atoms with E-state index in [-0.39, 0.29) is 11.7 Å². The lowest BCUT2D eigenvalue weighted by Gasteiger charge is -2.06. The summed E-state index contributed by atoms with van der Waals surface area (Å²) in [4.78, 5) is 12.2. The molecule has 0 aliphatic heterocycles. The molecule has 2 aromatic rings. The Morgan fingerprint density at radius 3 is 2.39 bits per heavy atom. The summed E-state index contributed by atoms with van der Waals surface area (Å²) < 4.78 is 0. The molecule has 0 aromatic heterocycles. The molecule has 0 aliphatic carbocycles. The highest BCUT2D eigenvalue weighted by molar-refractivity contribution is 6.09. The van der Waals surface area contributed by atoms with E-state index in [1.165, 1.54) is 0 Å². The fraction of sp³-hybridized carbons (Fsp3) is 0.125. The summed E-state index contributed by atoms with van der Waals surface area (Å²) in [5.74, 6) is -0.212. The summed E-state index contributed by atoms with van der Waals surface area (Å²) in [6.07, 6.45) is 0. The lowest BCUT2D eigenvalue weighted by atomic mass is 9.96. The maximum Gasteiger partial charge on any atom is 0.193 e. The first-order valence-corrected chi connectivity index (χ1v) is 5.81. The maximum atomic E-state index is 12.2. The first-order chi connectivity index (χ1) is 8.72. The third-order valence-corrected chi connectivity index (χ3v) is 2.88. The van der Waals surface area contributed by atoms with Crippen molar-refractivity contribution in [1.82, 2.24) is 0 Å². The zero-order valence-corrected chi connectivity index (χ0v) is 10.1. The van der Waals surface area contributed by atoms with Crippen molar-refractivity contribution in [2.24, 2.45) is 0 Å². The van der Waals surface area contributed by atoms with Gasteiger partial charge in [0.15, 0.2) is 5.78 Å². The molecule has 0 bridgehead atoms. The molecule has 0 unspecified atom stereocenters. The highest BCUT2D eigenvalue weighted by atomic mass is 16.1. The largest absolute Gasteiger partial charge is 0.289 e. The molecular formula is C16H13NO. The first kappa shape index (κ1) is 12.1. The molecule has 0 amide bonds. The second kappa shape index (κ2) is 5.29. The standard InChI is InChI=1S/C16H13NO/c1-12(11-17)14-8-5-9-15(10-14)16(18)13-6-3-2-4-7-13/h2-10,12H,1H3/t12-/m1/s1. The molecule has 0 aliphatic rings. The van der Waals surface area contributed by atoms with Crippen molar-refractivity contribution < 1.29 is 4.79 Å². The van der Waals surface area contributed by atoms with Gasteiger partial charge in [0, 0.05) is 11.1 Å². The Kier molecular flexibility index (Phi) is 3.54. The van der Waals surface area contributed by atoms with E-state index >= 15 is 0 Å². The zero-order valence-electron chi connectivity index (χ0n) is 10.1. The van der Waals surface area contributed by atoms with Crippen LogP contribution >= 0.6 is 0 Å². The van der Waals surface area contributed by atoms with Gasteiger partial charge in [-0.1, -0.05) is 48.5 Å². The van der Waals surface area contributed by atoms with Gasteiger partial charge in [-0.25, -0.2) is 0 Å². The Labute approximate surface area is 107 Å². The van der Waals surface area contributed by atoms with Crippen LogP contribution in [0.3, 0.4) is 0 Å². The van der Waals surface area contributed by atoms with E-state index in [4.69, 9.17) is 5.26 Å². The van der Waals surface area contributed by atoms with Gasteiger partial charge < -0.3 is 0 Å². The van der Waals surface area contributed by atoms with Crippen molar-refractivity contribution in [3.8, 4) is 6.07 Å². The van der Waals surface area contributed by atoms with Crippen molar-refractivity contribution in [2.45, 2.75) is 12.8 Å². The second-order valence-electron chi connectivity index (χ2n) is 4.17. The number of carbonyl (C=O) groups is 1. The molecule has 18 heavy (non-hydrogen) atoms. The molecule has 0 spiro atoms. The minimum atomic E-state index is -0.200. The average Bonchev–Trinajstić information content (AvgIpc) is 2.46. The normalized spacial score (nSPS) is 11.6. The minimum absolute atomic E-state index is 0.0115. The van der Waals surface area contributed by atoms with Gasteiger partial charge >= 0.3 is 0 Å². The molecule has 2 nitrogen and oxygen atoms in total. The fourth-order valence-electron chi connectivity index (χ4n) is 1.78. The van der Waals surface area contributed by atoms with Gasteiger partial charge in [-0.05, 0) is 18.6 Å². The molecule has 0 N–H and O–H groups in total. The highest BCUT2D eigenvalue weighted by Crippen LogP contribution is 2.17. The van der Waals surface area contributed by atoms with Crippen LogP contribution in [0.4, 0.5) is 0 Å². The number of benzene rings is 2. The Bertz CT molecular complexity index is 596. The van der Waals surface area contributed by atoms with Crippen LogP contribution < -0.4 is 0 Å². The van der Waals surface area contributed by atoms with E-state index in [9.17, 15) is 4.79 Å². The maximum absolute atomic E-state index is 12.2. The van der Waals surface area contributed by atoms with Gasteiger partial charge in [0.1, 0.15) is 0 Å². The summed E-state index contributed by atoms with van der Waals surface area (Å²) in [6, 6.07) is 18.6. The van der Waals surface area contributed by atoms with Crippen LogP contribution in [0.2, 0.25) is 0 Å². The van der Waals surface area contributed by atoms with Gasteiger partial charge in [-0.15, -0.1) is 0 Å². The molecule has 1 atom stereocenters. The number of ketones is 1. The summed E-state index contributed by atoms with van der Waals surface area (Å²) in [6.45, 7) is 1.83. The number of rotatable bonds is 3. The Morgan fingerprint density at radius 2 is 1.72 bits per heavy atom. The summed E-state index contributed by atoms with van der Waals surface area (Å²) in [5, 5.41) is 8.90. The van der Waals surface area contributed by atoms with Crippen LogP contribution in [0.5, 0.6) is 0 Å². The van der Waals surface area contributed by atoms with Gasteiger partial charge in [0.05, 0.1) is 12.0 Å². The Hall–Kier alpha value is -2.40. The van der Waals surface area contributed by atoms with Crippen LogP contribution in [0, 0.1) is 11.3 Å². The van der Waals surface area contributed by atoms with E-state index in [1.807, 2.05) is 37.3 Å². The molecule has 2 aromatic carbocycles. The lowest BCUT2D eigenvalue weighted by molar-refractivity contribution is 0.103. The van der Waals surface area contributed by atoms with E-state index in [0.29, 0.717) is 11.1 Å². The zero-order chi connectivity index (χ0) is 13.0. The summed E-state index contributed by atoms with van der Waals surface area (Å²) in [7, 11) is 0. The summed E-state index contributed by atoms with van der Waals surface area (Å²) in [5.41, 5.74) is 2.17. The van der Waals surface area contributed by atoms with Crippen molar-refractivity contribution in [2.75, 3.05) is 0 Å². The van der Waals surface area contributed by atoms with E-state index in [0.717, 1.165) is 5.56 Å². The third-order valence-electron chi connectivity index (χ3n) is 2.88. The van der Waals surface area contributed by atoms with Crippen molar-refractivity contribution >= 4 is 5.78 Å². The van der Waals surface area contributed by atoms with Crippen LogP contribution in [-0.4, -0.2) is 5.78 Å². The quantitative estimate of drug-likeness (QED) is 0.763. The van der Waals surface area contributed by atoms with E-state index < -0.39 is 0 Å². The first-order valence-electron chi connectivity index (χ1n) is 5.81. The third kappa shape index (κ3) is 2.46. The minimum Gasteiger partial charge on any atom is -0.289 e. The van der Waals surface area contributed by atoms with Gasteiger partial charge in [0.25, 0.3) is 0 Å². The molecule has 0 saturated heterocycles. The molecule has 2 rings (SSSR count). The van der Waals surface area contributed by atoms with Crippen LogP contribution in [0.25, 0.3) is 0 Å². The predicted molar refractivity (Wildman–Crippen MR) is 70.3 cm³/mol. The number of nitrogens with zero attached hydrogens (tertiary/aromatic N) is 1. The predicted octanol–water partition coefficient (Wildman–Crippen LogP) is 3.54. The molecule has 0 heterocycles. The number of carbonyl (C=O) groups excluding carboxylic acids is 1. The average molecular weight is 235 g/mol. The molecule has 88 valence electrons. The second-order valence-corrected chi connectivity index (χ2v) is 4.17. The van der Waals surface area contributed by atoms with Crippen LogP contribution in [-0.2, 0) is 0 Å².